The Hall–Kier alpha value is -2.85. The van der Waals surface area contributed by atoms with Crippen molar-refractivity contribution in [1.29, 1.82) is 5.26 Å². The predicted octanol–water partition coefficient (Wildman–Crippen LogP) is 3.36. The van der Waals surface area contributed by atoms with E-state index < -0.39 is 12.1 Å². The van der Waals surface area contributed by atoms with E-state index in [4.69, 9.17) is 9.47 Å². The molecule has 7 nitrogen and oxygen atoms in total. The van der Waals surface area contributed by atoms with E-state index in [0.717, 1.165) is 22.8 Å². The Kier molecular flexibility index (Phi) is 6.59. The van der Waals surface area contributed by atoms with E-state index in [-0.39, 0.29) is 18.2 Å². The number of aryl methyl sites for hydroxylation is 1. The van der Waals surface area contributed by atoms with Gasteiger partial charge in [-0.2, -0.15) is 10.4 Å². The molecular weight excluding hydrogens is 344 g/mol. The summed E-state index contributed by atoms with van der Waals surface area (Å²) in [6, 6.07) is 6.03. The van der Waals surface area contributed by atoms with E-state index in [9.17, 15) is 10.1 Å². The highest BCUT2D eigenvalue weighted by atomic mass is 16.6. The molecule has 2 rings (SSSR count). The van der Waals surface area contributed by atoms with Crippen molar-refractivity contribution < 1.29 is 14.3 Å². The monoisotopic (exact) mass is 370 g/mol. The fourth-order valence-electron chi connectivity index (χ4n) is 2.98. The third kappa shape index (κ3) is 4.47. The van der Waals surface area contributed by atoms with Gasteiger partial charge in [-0.25, -0.2) is 9.48 Å². The number of hydrogen-bond acceptors (Lipinski definition) is 5. The van der Waals surface area contributed by atoms with Gasteiger partial charge in [0.05, 0.1) is 12.8 Å². The van der Waals surface area contributed by atoms with Crippen molar-refractivity contribution >= 4 is 12.0 Å². The van der Waals surface area contributed by atoms with Crippen LogP contribution in [0.3, 0.4) is 0 Å². The SMILES string of the molecule is COC[C@@H](C)OC(=O)/C(C#N)=C/c1cc(C)n(-c2ccnn2C(C)C)c1C. The van der Waals surface area contributed by atoms with E-state index in [2.05, 4.69) is 23.5 Å². The molecule has 2 heterocycles. The number of ether oxygens (including phenoxy) is 2. The van der Waals surface area contributed by atoms with Crippen LogP contribution in [0.5, 0.6) is 0 Å². The van der Waals surface area contributed by atoms with Gasteiger partial charge in [0.2, 0.25) is 0 Å². The molecule has 0 unspecified atom stereocenters. The lowest BCUT2D eigenvalue weighted by Crippen LogP contribution is -2.20. The second-order valence-electron chi connectivity index (χ2n) is 6.73. The third-order valence-corrected chi connectivity index (χ3v) is 4.19. The van der Waals surface area contributed by atoms with E-state index >= 15 is 0 Å². The average Bonchev–Trinajstić information content (AvgIpc) is 3.17. The number of methoxy groups -OCH3 is 1. The quantitative estimate of drug-likeness (QED) is 0.424. The molecule has 0 amide bonds. The lowest BCUT2D eigenvalue weighted by Gasteiger charge is -2.15. The van der Waals surface area contributed by atoms with E-state index in [1.807, 2.05) is 36.7 Å². The molecule has 0 aliphatic heterocycles. The summed E-state index contributed by atoms with van der Waals surface area (Å²) in [4.78, 5) is 12.2. The normalized spacial score (nSPS) is 12.9. The van der Waals surface area contributed by atoms with Gasteiger partial charge in [0.25, 0.3) is 0 Å². The van der Waals surface area contributed by atoms with Gasteiger partial charge in [-0.05, 0) is 52.3 Å². The van der Waals surface area contributed by atoms with E-state index in [1.54, 1.807) is 19.2 Å². The van der Waals surface area contributed by atoms with Crippen LogP contribution < -0.4 is 0 Å². The number of aromatic nitrogens is 3. The molecule has 144 valence electrons. The van der Waals surface area contributed by atoms with Crippen molar-refractivity contribution in [2.24, 2.45) is 0 Å². The van der Waals surface area contributed by atoms with Crippen LogP contribution in [0.1, 0.15) is 43.8 Å². The van der Waals surface area contributed by atoms with Crippen molar-refractivity contribution in [3.63, 3.8) is 0 Å². The topological polar surface area (TPSA) is 82.1 Å². The smallest absolute Gasteiger partial charge is 0.349 e. The highest BCUT2D eigenvalue weighted by molar-refractivity contribution is 5.98. The molecule has 27 heavy (non-hydrogen) atoms. The van der Waals surface area contributed by atoms with Crippen LogP contribution in [0.2, 0.25) is 0 Å². The average molecular weight is 370 g/mol. The molecule has 0 bridgehead atoms. The van der Waals surface area contributed by atoms with E-state index in [0.29, 0.717) is 0 Å². The lowest BCUT2D eigenvalue weighted by atomic mass is 10.1. The third-order valence-electron chi connectivity index (χ3n) is 4.19. The predicted molar refractivity (Wildman–Crippen MR) is 102 cm³/mol. The molecule has 1 atom stereocenters. The number of carbonyl (C=O) groups is 1. The second kappa shape index (κ2) is 8.69. The van der Waals surface area contributed by atoms with Crippen LogP contribution in [0.4, 0.5) is 0 Å². The summed E-state index contributed by atoms with van der Waals surface area (Å²) in [5, 5.41) is 13.8. The number of hydrogen-bond donors (Lipinski definition) is 0. The maximum atomic E-state index is 12.2. The lowest BCUT2D eigenvalue weighted by molar-refractivity contribution is -0.145. The molecule has 0 aliphatic rings. The highest BCUT2D eigenvalue weighted by Gasteiger charge is 2.18. The zero-order valence-electron chi connectivity index (χ0n) is 16.7. The standard InChI is InChI=1S/C20H26N4O3/c1-13(2)24-19(7-8-22-24)23-14(3)9-17(16(23)5)10-18(11-21)20(25)27-15(4)12-26-6/h7-10,13,15H,12H2,1-6H3/b18-10+/t15-/m1/s1. The van der Waals surface area contributed by atoms with Gasteiger partial charge in [-0.15, -0.1) is 0 Å². The van der Waals surface area contributed by atoms with Crippen molar-refractivity contribution in [3.05, 3.63) is 40.9 Å². The largest absolute Gasteiger partial charge is 0.456 e. The number of nitriles is 1. The molecule has 0 aromatic carbocycles. The first-order valence-corrected chi connectivity index (χ1v) is 8.84. The Morgan fingerprint density at radius 1 is 1.37 bits per heavy atom. The summed E-state index contributed by atoms with van der Waals surface area (Å²) >= 11 is 0. The minimum Gasteiger partial charge on any atom is -0.456 e. The maximum absolute atomic E-state index is 12.2. The first-order chi connectivity index (χ1) is 12.8. The molecule has 2 aromatic heterocycles. The first kappa shape index (κ1) is 20.5. The summed E-state index contributed by atoms with van der Waals surface area (Å²) in [7, 11) is 1.53. The highest BCUT2D eigenvalue weighted by Crippen LogP contribution is 2.24. The molecule has 7 heteroatoms. The first-order valence-electron chi connectivity index (χ1n) is 8.84. The maximum Gasteiger partial charge on any atom is 0.349 e. The molecule has 0 N–H and O–H groups in total. The van der Waals surface area contributed by atoms with Crippen molar-refractivity contribution in [1.82, 2.24) is 14.3 Å². The zero-order valence-corrected chi connectivity index (χ0v) is 16.7. The number of nitrogens with zero attached hydrogens (tertiary/aromatic N) is 4. The molecule has 0 saturated heterocycles. The van der Waals surface area contributed by atoms with Crippen molar-refractivity contribution in [2.45, 2.75) is 46.8 Å². The van der Waals surface area contributed by atoms with Gasteiger partial charge in [0, 0.05) is 30.6 Å². The van der Waals surface area contributed by atoms with Gasteiger partial charge in [0.15, 0.2) is 0 Å². The van der Waals surface area contributed by atoms with Gasteiger partial charge in [0.1, 0.15) is 23.6 Å². The van der Waals surface area contributed by atoms with Crippen LogP contribution >= 0.6 is 0 Å². The van der Waals surface area contributed by atoms with Crippen molar-refractivity contribution in [3.8, 4) is 11.9 Å². The molecular formula is C20H26N4O3. The summed E-state index contributed by atoms with van der Waals surface area (Å²) in [6.45, 7) is 10.1. The Bertz CT molecular complexity index is 884. The molecule has 2 aromatic rings. The van der Waals surface area contributed by atoms with Crippen LogP contribution in [0, 0.1) is 25.2 Å². The van der Waals surface area contributed by atoms with Gasteiger partial charge in [-0.1, -0.05) is 0 Å². The minimum absolute atomic E-state index is 0.0458. The fourth-order valence-corrected chi connectivity index (χ4v) is 2.98. The van der Waals surface area contributed by atoms with Gasteiger partial charge >= 0.3 is 5.97 Å². The van der Waals surface area contributed by atoms with Crippen LogP contribution in [0.15, 0.2) is 23.9 Å². The molecule has 0 saturated carbocycles. The molecule has 0 aliphatic carbocycles. The summed E-state index contributed by atoms with van der Waals surface area (Å²) in [6.07, 6.45) is 2.91. The van der Waals surface area contributed by atoms with E-state index in [1.165, 1.54) is 7.11 Å². The van der Waals surface area contributed by atoms with Crippen LogP contribution in [-0.2, 0) is 14.3 Å². The number of rotatable bonds is 7. The summed E-state index contributed by atoms with van der Waals surface area (Å²) < 4.78 is 14.2. The Balaban J connectivity index is 2.40. The second-order valence-corrected chi connectivity index (χ2v) is 6.73. The van der Waals surface area contributed by atoms with Crippen molar-refractivity contribution in [2.75, 3.05) is 13.7 Å². The van der Waals surface area contributed by atoms with Gasteiger partial charge in [-0.3, -0.25) is 0 Å². The number of carbonyl (C=O) groups excluding carboxylic acids is 1. The Morgan fingerprint density at radius 2 is 2.07 bits per heavy atom. The van der Waals surface area contributed by atoms with Crippen LogP contribution in [-0.4, -0.2) is 40.1 Å². The molecule has 0 spiro atoms. The zero-order chi connectivity index (χ0) is 20.1. The minimum atomic E-state index is -0.654. The Morgan fingerprint density at radius 3 is 2.67 bits per heavy atom. The van der Waals surface area contributed by atoms with Crippen LogP contribution in [0.25, 0.3) is 11.9 Å². The summed E-state index contributed by atoms with van der Waals surface area (Å²) in [5.41, 5.74) is 2.65. The Labute approximate surface area is 159 Å². The molecule has 0 radical (unpaired) electrons. The fraction of sp³-hybridized carbons (Fsp3) is 0.450. The molecule has 0 fully saturated rings. The summed E-state index contributed by atoms with van der Waals surface area (Å²) in [5.74, 6) is 0.286. The number of esters is 1. The van der Waals surface area contributed by atoms with Gasteiger partial charge < -0.3 is 14.0 Å².